The van der Waals surface area contributed by atoms with Gasteiger partial charge in [-0.15, -0.1) is 0 Å². The molecule has 1 aromatic carbocycles. The van der Waals surface area contributed by atoms with E-state index in [-0.39, 0.29) is 6.10 Å². The highest BCUT2D eigenvalue weighted by Crippen LogP contribution is 2.33. The van der Waals surface area contributed by atoms with Crippen LogP contribution < -0.4 is 10.1 Å². The number of nitrogens with one attached hydrogen (secondary N) is 1. The first-order valence-electron chi connectivity index (χ1n) is 5.15. The molecule has 1 rings (SSSR count). The molecule has 0 aliphatic carbocycles. The second-order valence-electron chi connectivity index (χ2n) is 3.63. The Bertz CT molecular complexity index is 355. The van der Waals surface area contributed by atoms with E-state index in [0.29, 0.717) is 11.6 Å². The van der Waals surface area contributed by atoms with E-state index in [2.05, 4.69) is 5.32 Å². The highest BCUT2D eigenvalue weighted by Gasteiger charge is 2.17. The third-order valence-corrected chi connectivity index (χ3v) is 2.71. The van der Waals surface area contributed by atoms with Crippen molar-refractivity contribution in [1.29, 1.82) is 0 Å². The van der Waals surface area contributed by atoms with Crippen LogP contribution in [0.4, 0.5) is 0 Å². The molecule has 1 unspecified atom stereocenters. The molecule has 0 aromatic heterocycles. The summed E-state index contributed by atoms with van der Waals surface area (Å²) in [6.45, 7) is 2.69. The average molecular weight is 244 g/mol. The Balaban J connectivity index is 3.17. The minimum atomic E-state index is -0.0580. The predicted octanol–water partition coefficient (Wildman–Crippen LogP) is 2.56. The lowest BCUT2D eigenvalue weighted by molar-refractivity contribution is 0.102. The first-order chi connectivity index (χ1) is 7.63. The molecule has 0 aliphatic heterocycles. The van der Waals surface area contributed by atoms with Crippen LogP contribution in [-0.2, 0) is 4.74 Å². The fraction of sp³-hybridized carbons (Fsp3) is 0.500. The molecule has 0 heterocycles. The number of methoxy groups -OCH3 is 2. The summed E-state index contributed by atoms with van der Waals surface area (Å²) in [6, 6.07) is 3.77. The third kappa shape index (κ3) is 2.88. The highest BCUT2D eigenvalue weighted by atomic mass is 35.5. The summed E-state index contributed by atoms with van der Waals surface area (Å²) in [6.07, 6.45) is -0.0580. The number of rotatable bonds is 5. The van der Waals surface area contributed by atoms with Crippen LogP contribution in [0.2, 0.25) is 5.02 Å². The van der Waals surface area contributed by atoms with Gasteiger partial charge in [-0.1, -0.05) is 11.6 Å². The fourth-order valence-electron chi connectivity index (χ4n) is 1.78. The maximum absolute atomic E-state index is 6.05. The van der Waals surface area contributed by atoms with Gasteiger partial charge in [0.1, 0.15) is 5.75 Å². The van der Waals surface area contributed by atoms with E-state index in [9.17, 15) is 0 Å². The van der Waals surface area contributed by atoms with Gasteiger partial charge in [0.15, 0.2) is 0 Å². The van der Waals surface area contributed by atoms with Crippen molar-refractivity contribution in [2.45, 2.75) is 13.0 Å². The normalized spacial score (nSPS) is 12.6. The lowest BCUT2D eigenvalue weighted by atomic mass is 10.0. The van der Waals surface area contributed by atoms with E-state index in [1.807, 2.05) is 26.1 Å². The minimum Gasteiger partial charge on any atom is -0.496 e. The maximum atomic E-state index is 6.05. The quantitative estimate of drug-likeness (QED) is 0.862. The molecule has 0 aliphatic rings. The summed E-state index contributed by atoms with van der Waals surface area (Å²) in [4.78, 5) is 0. The van der Waals surface area contributed by atoms with E-state index in [4.69, 9.17) is 21.1 Å². The Kier molecular flexibility index (Phi) is 5.06. The van der Waals surface area contributed by atoms with Crippen LogP contribution in [0.25, 0.3) is 0 Å². The molecule has 1 atom stereocenters. The van der Waals surface area contributed by atoms with Gasteiger partial charge in [-0.25, -0.2) is 0 Å². The summed E-state index contributed by atoms with van der Waals surface area (Å²) in [5, 5.41) is 3.78. The van der Waals surface area contributed by atoms with E-state index < -0.39 is 0 Å². The molecule has 1 N–H and O–H groups in total. The van der Waals surface area contributed by atoms with Crippen molar-refractivity contribution >= 4 is 11.6 Å². The van der Waals surface area contributed by atoms with Crippen molar-refractivity contribution in [2.75, 3.05) is 27.8 Å². The number of likely N-dealkylation sites (N-methyl/N-ethyl adjacent to an activating group) is 1. The molecule has 3 nitrogen and oxygen atoms in total. The molecule has 16 heavy (non-hydrogen) atoms. The zero-order valence-corrected chi connectivity index (χ0v) is 10.9. The van der Waals surface area contributed by atoms with Crippen LogP contribution in [0.5, 0.6) is 5.75 Å². The zero-order chi connectivity index (χ0) is 12.1. The van der Waals surface area contributed by atoms with Crippen LogP contribution in [-0.4, -0.2) is 27.8 Å². The summed E-state index contributed by atoms with van der Waals surface area (Å²) in [5.74, 6) is 0.839. The largest absolute Gasteiger partial charge is 0.496 e. The first-order valence-corrected chi connectivity index (χ1v) is 5.53. The number of hydrogen-bond donors (Lipinski definition) is 1. The Morgan fingerprint density at radius 3 is 2.56 bits per heavy atom. The van der Waals surface area contributed by atoms with Gasteiger partial charge in [-0.3, -0.25) is 0 Å². The Hall–Kier alpha value is -0.770. The fourth-order valence-corrected chi connectivity index (χ4v) is 2.06. The minimum absolute atomic E-state index is 0.0580. The van der Waals surface area contributed by atoms with Crippen molar-refractivity contribution in [2.24, 2.45) is 0 Å². The van der Waals surface area contributed by atoms with E-state index in [1.165, 1.54) is 0 Å². The smallest absolute Gasteiger partial charge is 0.127 e. The van der Waals surface area contributed by atoms with Gasteiger partial charge in [0.05, 0.1) is 13.2 Å². The SMILES string of the molecule is CNCC(OC)c1cc(Cl)cc(C)c1OC. The summed E-state index contributed by atoms with van der Waals surface area (Å²) in [7, 11) is 5.22. The first kappa shape index (κ1) is 13.3. The van der Waals surface area contributed by atoms with Crippen LogP contribution in [0, 0.1) is 6.92 Å². The molecule has 0 saturated carbocycles. The molecule has 4 heteroatoms. The van der Waals surface area contributed by atoms with Gasteiger partial charge >= 0.3 is 0 Å². The third-order valence-electron chi connectivity index (χ3n) is 2.49. The molecule has 0 saturated heterocycles. The number of hydrogen-bond acceptors (Lipinski definition) is 3. The van der Waals surface area contributed by atoms with Crippen LogP contribution >= 0.6 is 11.6 Å². The lowest BCUT2D eigenvalue weighted by Gasteiger charge is -2.20. The number of ether oxygens (including phenoxy) is 2. The predicted molar refractivity (Wildman–Crippen MR) is 66.4 cm³/mol. The number of halogens is 1. The van der Waals surface area contributed by atoms with Crippen molar-refractivity contribution in [1.82, 2.24) is 5.32 Å². The standard InChI is InChI=1S/C12H18ClNO2/c1-8-5-9(13)6-10(12(8)16-4)11(15-3)7-14-2/h5-6,11,14H,7H2,1-4H3. The van der Waals surface area contributed by atoms with Gasteiger partial charge in [-0.05, 0) is 31.7 Å². The second-order valence-corrected chi connectivity index (χ2v) is 4.06. The Morgan fingerprint density at radius 1 is 1.38 bits per heavy atom. The summed E-state index contributed by atoms with van der Waals surface area (Å²) < 4.78 is 10.8. The van der Waals surface area contributed by atoms with Crippen molar-refractivity contribution in [3.8, 4) is 5.75 Å². The lowest BCUT2D eigenvalue weighted by Crippen LogP contribution is -2.19. The molecule has 0 radical (unpaired) electrons. The molecule has 0 spiro atoms. The molecule has 0 fully saturated rings. The zero-order valence-electron chi connectivity index (χ0n) is 10.1. The van der Waals surface area contributed by atoms with Crippen molar-refractivity contribution in [3.63, 3.8) is 0 Å². The molecule has 90 valence electrons. The summed E-state index contributed by atoms with van der Waals surface area (Å²) in [5.41, 5.74) is 1.99. The average Bonchev–Trinajstić information content (AvgIpc) is 2.25. The Labute approximate surface area is 102 Å². The Morgan fingerprint density at radius 2 is 2.06 bits per heavy atom. The number of aryl methyl sites for hydroxylation is 1. The van der Waals surface area contributed by atoms with Gasteiger partial charge in [0, 0.05) is 24.2 Å². The molecule has 0 amide bonds. The molecule has 1 aromatic rings. The van der Waals surface area contributed by atoms with Gasteiger partial charge < -0.3 is 14.8 Å². The molecular formula is C12H18ClNO2. The molecule has 0 bridgehead atoms. The van der Waals surface area contributed by atoms with E-state index >= 15 is 0 Å². The van der Waals surface area contributed by atoms with Gasteiger partial charge in [-0.2, -0.15) is 0 Å². The van der Waals surface area contributed by atoms with Crippen molar-refractivity contribution in [3.05, 3.63) is 28.3 Å². The number of benzene rings is 1. The van der Waals surface area contributed by atoms with Gasteiger partial charge in [0.2, 0.25) is 0 Å². The van der Waals surface area contributed by atoms with Crippen LogP contribution in [0.15, 0.2) is 12.1 Å². The maximum Gasteiger partial charge on any atom is 0.127 e. The molecular weight excluding hydrogens is 226 g/mol. The monoisotopic (exact) mass is 243 g/mol. The second kappa shape index (κ2) is 6.09. The summed E-state index contributed by atoms with van der Waals surface area (Å²) >= 11 is 6.05. The van der Waals surface area contributed by atoms with Crippen molar-refractivity contribution < 1.29 is 9.47 Å². The topological polar surface area (TPSA) is 30.5 Å². The highest BCUT2D eigenvalue weighted by molar-refractivity contribution is 6.30. The van der Waals surface area contributed by atoms with E-state index in [1.54, 1.807) is 14.2 Å². The van der Waals surface area contributed by atoms with Crippen LogP contribution in [0.1, 0.15) is 17.2 Å². The van der Waals surface area contributed by atoms with Gasteiger partial charge in [0.25, 0.3) is 0 Å². The van der Waals surface area contributed by atoms with E-state index in [0.717, 1.165) is 16.9 Å². The van der Waals surface area contributed by atoms with Crippen LogP contribution in [0.3, 0.4) is 0 Å².